The predicted octanol–water partition coefficient (Wildman–Crippen LogP) is 3.09. The van der Waals surface area contributed by atoms with Crippen molar-refractivity contribution in [2.24, 2.45) is 10.2 Å². The van der Waals surface area contributed by atoms with E-state index in [4.69, 9.17) is 10.8 Å². The van der Waals surface area contributed by atoms with Gasteiger partial charge in [-0.1, -0.05) is 6.07 Å². The number of nitrogens with zero attached hydrogens (tertiary/aromatic N) is 2. The Kier molecular flexibility index (Phi) is 3.42. The Bertz CT molecular complexity index is 653. The summed E-state index contributed by atoms with van der Waals surface area (Å²) in [5.74, 6) is -1.53. The summed E-state index contributed by atoms with van der Waals surface area (Å²) in [5.41, 5.74) is 6.83. The van der Waals surface area contributed by atoms with Gasteiger partial charge in [-0.25, -0.2) is 4.79 Å². The Morgan fingerprint density at radius 2 is 1.74 bits per heavy atom. The van der Waals surface area contributed by atoms with Crippen molar-refractivity contribution < 1.29 is 15.0 Å². The summed E-state index contributed by atoms with van der Waals surface area (Å²) in [6.45, 7) is 0. The van der Waals surface area contributed by atoms with Gasteiger partial charge in [0.05, 0.1) is 11.4 Å². The smallest absolute Gasteiger partial charge is 0.339 e. The van der Waals surface area contributed by atoms with Gasteiger partial charge in [-0.3, -0.25) is 0 Å². The third-order valence-electron chi connectivity index (χ3n) is 2.36. The van der Waals surface area contributed by atoms with Crippen LogP contribution in [0.15, 0.2) is 52.7 Å². The first-order chi connectivity index (χ1) is 9.06. The molecular formula is C13H11N3O3. The zero-order chi connectivity index (χ0) is 13.8. The lowest BCUT2D eigenvalue weighted by Crippen LogP contribution is -1.95. The topological polar surface area (TPSA) is 108 Å². The number of anilines is 1. The molecule has 0 aliphatic rings. The highest BCUT2D eigenvalue weighted by atomic mass is 16.4. The lowest BCUT2D eigenvalue weighted by atomic mass is 10.2. The van der Waals surface area contributed by atoms with Crippen molar-refractivity contribution in [1.82, 2.24) is 0 Å². The molecule has 0 unspecified atom stereocenters. The SMILES string of the molecule is Nc1cccc(N=Nc2ccc(O)c(C(=O)O)c2)c1. The van der Waals surface area contributed by atoms with Crippen molar-refractivity contribution >= 4 is 23.0 Å². The maximum atomic E-state index is 10.8. The Morgan fingerprint density at radius 1 is 1.05 bits per heavy atom. The summed E-state index contributed by atoms with van der Waals surface area (Å²) < 4.78 is 0. The molecule has 19 heavy (non-hydrogen) atoms. The van der Waals surface area contributed by atoms with Crippen molar-refractivity contribution in [3.63, 3.8) is 0 Å². The quantitative estimate of drug-likeness (QED) is 0.579. The number of phenols is 1. The van der Waals surface area contributed by atoms with Crippen LogP contribution in [-0.2, 0) is 0 Å². The molecule has 0 radical (unpaired) electrons. The summed E-state index contributed by atoms with van der Waals surface area (Å²) in [5, 5.41) is 26.1. The standard InChI is InChI=1S/C13H11N3O3/c14-8-2-1-3-9(6-8)15-16-10-4-5-12(17)11(7-10)13(18)19/h1-7,17H,14H2,(H,18,19). The molecule has 4 N–H and O–H groups in total. The van der Waals surface area contributed by atoms with Crippen LogP contribution < -0.4 is 5.73 Å². The molecule has 6 heteroatoms. The molecule has 0 fully saturated rings. The molecule has 6 nitrogen and oxygen atoms in total. The van der Waals surface area contributed by atoms with E-state index < -0.39 is 5.97 Å². The Hall–Kier alpha value is -2.89. The molecule has 0 heterocycles. The molecule has 0 bridgehead atoms. The first-order valence-electron chi connectivity index (χ1n) is 5.40. The van der Waals surface area contributed by atoms with Crippen LogP contribution in [0.3, 0.4) is 0 Å². The largest absolute Gasteiger partial charge is 0.507 e. The predicted molar refractivity (Wildman–Crippen MR) is 70.1 cm³/mol. The fourth-order valence-electron chi connectivity index (χ4n) is 1.46. The van der Waals surface area contributed by atoms with Gasteiger partial charge < -0.3 is 15.9 Å². The maximum Gasteiger partial charge on any atom is 0.339 e. The second kappa shape index (κ2) is 5.18. The van der Waals surface area contributed by atoms with E-state index in [1.165, 1.54) is 18.2 Å². The molecule has 96 valence electrons. The zero-order valence-corrected chi connectivity index (χ0v) is 9.82. The zero-order valence-electron chi connectivity index (χ0n) is 9.82. The minimum absolute atomic E-state index is 0.218. The molecule has 2 aromatic carbocycles. The molecule has 0 amide bonds. The number of rotatable bonds is 3. The average molecular weight is 257 g/mol. The van der Waals surface area contributed by atoms with E-state index in [1.54, 1.807) is 24.3 Å². The highest BCUT2D eigenvalue weighted by molar-refractivity contribution is 5.91. The maximum absolute atomic E-state index is 10.8. The summed E-state index contributed by atoms with van der Waals surface area (Å²) in [6.07, 6.45) is 0. The van der Waals surface area contributed by atoms with Crippen LogP contribution >= 0.6 is 0 Å². The number of hydrogen-bond acceptors (Lipinski definition) is 5. The van der Waals surface area contributed by atoms with E-state index in [2.05, 4.69) is 10.2 Å². The number of azo groups is 1. The number of carboxylic acid groups (broad SMARTS) is 1. The van der Waals surface area contributed by atoms with Crippen LogP contribution in [0, 0.1) is 0 Å². The average Bonchev–Trinajstić information content (AvgIpc) is 2.37. The molecule has 0 atom stereocenters. The Balaban J connectivity index is 2.29. The molecule has 0 saturated carbocycles. The van der Waals surface area contributed by atoms with E-state index in [-0.39, 0.29) is 11.3 Å². The lowest BCUT2D eigenvalue weighted by molar-refractivity contribution is 0.0694. The first-order valence-corrected chi connectivity index (χ1v) is 5.40. The van der Waals surface area contributed by atoms with Crippen molar-refractivity contribution in [2.75, 3.05) is 5.73 Å². The summed E-state index contributed by atoms with van der Waals surface area (Å²) >= 11 is 0. The van der Waals surface area contributed by atoms with Gasteiger partial charge in [-0.15, -0.1) is 0 Å². The van der Waals surface area contributed by atoms with Crippen molar-refractivity contribution in [3.05, 3.63) is 48.0 Å². The Morgan fingerprint density at radius 3 is 2.37 bits per heavy atom. The fraction of sp³-hybridized carbons (Fsp3) is 0. The number of nitrogens with two attached hydrogens (primary N) is 1. The molecular weight excluding hydrogens is 246 g/mol. The van der Waals surface area contributed by atoms with Gasteiger partial charge in [0, 0.05) is 5.69 Å². The number of aromatic hydroxyl groups is 1. The normalized spacial score (nSPS) is 10.7. The van der Waals surface area contributed by atoms with Gasteiger partial charge in [0.1, 0.15) is 11.3 Å². The van der Waals surface area contributed by atoms with Gasteiger partial charge >= 0.3 is 5.97 Å². The van der Waals surface area contributed by atoms with Crippen LogP contribution in [0.25, 0.3) is 0 Å². The van der Waals surface area contributed by atoms with Gasteiger partial charge in [-0.05, 0) is 36.4 Å². The summed E-state index contributed by atoms with van der Waals surface area (Å²) in [6, 6.07) is 10.8. The lowest BCUT2D eigenvalue weighted by Gasteiger charge is -2.00. The number of carboxylic acids is 1. The minimum atomic E-state index is -1.22. The summed E-state index contributed by atoms with van der Waals surface area (Å²) in [4.78, 5) is 10.8. The van der Waals surface area contributed by atoms with Crippen LogP contribution in [0.5, 0.6) is 5.75 Å². The third kappa shape index (κ3) is 3.06. The van der Waals surface area contributed by atoms with Crippen LogP contribution in [0.4, 0.5) is 17.1 Å². The van der Waals surface area contributed by atoms with Gasteiger partial charge in [0.25, 0.3) is 0 Å². The highest BCUT2D eigenvalue weighted by Crippen LogP contribution is 2.25. The first kappa shape index (κ1) is 12.6. The molecule has 2 aromatic rings. The van der Waals surface area contributed by atoms with E-state index in [0.29, 0.717) is 17.1 Å². The van der Waals surface area contributed by atoms with E-state index >= 15 is 0 Å². The molecule has 0 aliphatic carbocycles. The van der Waals surface area contributed by atoms with E-state index in [0.717, 1.165) is 0 Å². The minimum Gasteiger partial charge on any atom is -0.507 e. The van der Waals surface area contributed by atoms with Crippen molar-refractivity contribution in [2.45, 2.75) is 0 Å². The number of benzene rings is 2. The number of nitrogen functional groups attached to an aromatic ring is 1. The van der Waals surface area contributed by atoms with E-state index in [1.807, 2.05) is 0 Å². The molecule has 0 aromatic heterocycles. The molecule has 0 spiro atoms. The van der Waals surface area contributed by atoms with Crippen LogP contribution in [-0.4, -0.2) is 16.2 Å². The number of aromatic carboxylic acids is 1. The number of hydrogen-bond donors (Lipinski definition) is 3. The summed E-state index contributed by atoms with van der Waals surface area (Å²) in [7, 11) is 0. The molecule has 0 saturated heterocycles. The van der Waals surface area contributed by atoms with Crippen LogP contribution in [0.2, 0.25) is 0 Å². The third-order valence-corrected chi connectivity index (χ3v) is 2.36. The second-order valence-corrected chi connectivity index (χ2v) is 3.80. The van der Waals surface area contributed by atoms with Crippen molar-refractivity contribution in [3.8, 4) is 5.75 Å². The fourth-order valence-corrected chi connectivity index (χ4v) is 1.46. The number of carbonyl (C=O) groups is 1. The van der Waals surface area contributed by atoms with Crippen LogP contribution in [0.1, 0.15) is 10.4 Å². The van der Waals surface area contributed by atoms with Gasteiger partial charge in [0.2, 0.25) is 0 Å². The molecule has 2 rings (SSSR count). The Labute approximate surface area is 108 Å². The van der Waals surface area contributed by atoms with Gasteiger partial charge in [0.15, 0.2) is 0 Å². The van der Waals surface area contributed by atoms with Crippen molar-refractivity contribution in [1.29, 1.82) is 0 Å². The highest BCUT2D eigenvalue weighted by Gasteiger charge is 2.09. The van der Waals surface area contributed by atoms with E-state index in [9.17, 15) is 9.90 Å². The second-order valence-electron chi connectivity index (χ2n) is 3.80. The van der Waals surface area contributed by atoms with Gasteiger partial charge in [-0.2, -0.15) is 10.2 Å². The monoisotopic (exact) mass is 257 g/mol. The molecule has 0 aliphatic heterocycles.